The van der Waals surface area contributed by atoms with Gasteiger partial charge in [-0.25, -0.2) is 0 Å². The van der Waals surface area contributed by atoms with Crippen LogP contribution in [0.15, 0.2) is 29.2 Å². The Balaban J connectivity index is 2.16. The summed E-state index contributed by atoms with van der Waals surface area (Å²) >= 11 is 3.28. The van der Waals surface area contributed by atoms with Gasteiger partial charge in [0.05, 0.1) is 16.3 Å². The van der Waals surface area contributed by atoms with Gasteiger partial charge in [-0.2, -0.15) is 0 Å². The molecule has 0 aliphatic carbocycles. The second-order valence-electron chi connectivity index (χ2n) is 4.90. The van der Waals surface area contributed by atoms with E-state index in [4.69, 9.17) is 5.73 Å². The Morgan fingerprint density at radius 1 is 1.33 bits per heavy atom. The Kier molecular flexibility index (Phi) is 5.31. The zero-order chi connectivity index (χ0) is 15.4. The van der Waals surface area contributed by atoms with Crippen LogP contribution in [-0.2, 0) is 0 Å². The van der Waals surface area contributed by atoms with Gasteiger partial charge in [0.1, 0.15) is 0 Å². The SMILES string of the molecule is CCCSc1ccc(N)c(NC(=O)c2cc(C)c(C)s2)c1. The molecular weight excluding hydrogens is 300 g/mol. The molecule has 0 saturated carbocycles. The van der Waals surface area contributed by atoms with Crippen molar-refractivity contribution in [2.45, 2.75) is 32.1 Å². The number of benzene rings is 1. The molecule has 5 heteroatoms. The molecule has 1 aromatic carbocycles. The van der Waals surface area contributed by atoms with Crippen LogP contribution < -0.4 is 11.1 Å². The highest BCUT2D eigenvalue weighted by molar-refractivity contribution is 7.99. The predicted molar refractivity (Wildman–Crippen MR) is 93.6 cm³/mol. The van der Waals surface area contributed by atoms with E-state index in [0.29, 0.717) is 11.4 Å². The predicted octanol–water partition coefficient (Wildman–Crippen LogP) is 4.70. The average molecular weight is 320 g/mol. The van der Waals surface area contributed by atoms with Crippen LogP contribution in [0.1, 0.15) is 33.5 Å². The molecule has 3 nitrogen and oxygen atoms in total. The smallest absolute Gasteiger partial charge is 0.265 e. The van der Waals surface area contributed by atoms with Crippen molar-refractivity contribution in [3.8, 4) is 0 Å². The van der Waals surface area contributed by atoms with Gasteiger partial charge in [0, 0.05) is 9.77 Å². The van der Waals surface area contributed by atoms with Crippen LogP contribution in [-0.4, -0.2) is 11.7 Å². The van der Waals surface area contributed by atoms with E-state index < -0.39 is 0 Å². The number of rotatable bonds is 5. The van der Waals surface area contributed by atoms with E-state index in [1.807, 2.05) is 38.1 Å². The number of anilines is 2. The molecule has 0 spiro atoms. The number of hydrogen-bond acceptors (Lipinski definition) is 4. The highest BCUT2D eigenvalue weighted by Gasteiger charge is 2.12. The summed E-state index contributed by atoms with van der Waals surface area (Å²) in [4.78, 5) is 15.3. The summed E-state index contributed by atoms with van der Waals surface area (Å²) in [5.74, 6) is 0.959. The van der Waals surface area contributed by atoms with Crippen molar-refractivity contribution >= 4 is 40.4 Å². The number of thioether (sulfide) groups is 1. The maximum absolute atomic E-state index is 12.3. The number of carbonyl (C=O) groups is 1. The van der Waals surface area contributed by atoms with Gasteiger partial charge in [-0.15, -0.1) is 23.1 Å². The van der Waals surface area contributed by atoms with Crippen LogP contribution in [0.25, 0.3) is 0 Å². The van der Waals surface area contributed by atoms with Gasteiger partial charge in [-0.3, -0.25) is 4.79 Å². The van der Waals surface area contributed by atoms with Gasteiger partial charge in [-0.05, 0) is 55.9 Å². The third kappa shape index (κ3) is 4.02. The number of nitrogens with one attached hydrogen (secondary N) is 1. The van der Waals surface area contributed by atoms with Crippen molar-refractivity contribution in [2.75, 3.05) is 16.8 Å². The van der Waals surface area contributed by atoms with E-state index in [1.165, 1.54) is 16.2 Å². The summed E-state index contributed by atoms with van der Waals surface area (Å²) in [6.07, 6.45) is 1.12. The summed E-state index contributed by atoms with van der Waals surface area (Å²) in [7, 11) is 0. The fourth-order valence-electron chi connectivity index (χ4n) is 1.82. The van der Waals surface area contributed by atoms with Crippen molar-refractivity contribution in [2.24, 2.45) is 0 Å². The average Bonchev–Trinajstić information content (AvgIpc) is 2.79. The van der Waals surface area contributed by atoms with E-state index >= 15 is 0 Å². The number of carbonyl (C=O) groups excluding carboxylic acids is 1. The van der Waals surface area contributed by atoms with Crippen LogP contribution in [0.3, 0.4) is 0 Å². The van der Waals surface area contributed by atoms with E-state index in [9.17, 15) is 4.79 Å². The first-order valence-corrected chi connectivity index (χ1v) is 8.72. The van der Waals surface area contributed by atoms with Crippen molar-refractivity contribution in [3.05, 3.63) is 39.6 Å². The summed E-state index contributed by atoms with van der Waals surface area (Å²) < 4.78 is 0. The van der Waals surface area contributed by atoms with E-state index in [2.05, 4.69) is 12.2 Å². The molecular formula is C16H20N2OS2. The molecule has 0 bridgehead atoms. The second kappa shape index (κ2) is 7.00. The lowest BCUT2D eigenvalue weighted by molar-refractivity contribution is 0.103. The molecule has 0 aliphatic rings. The quantitative estimate of drug-likeness (QED) is 0.620. The first-order chi connectivity index (χ1) is 10.0. The minimum absolute atomic E-state index is 0.0967. The Hall–Kier alpha value is -1.46. The molecule has 112 valence electrons. The maximum Gasteiger partial charge on any atom is 0.265 e. The molecule has 0 aliphatic heterocycles. The second-order valence-corrected chi connectivity index (χ2v) is 7.33. The van der Waals surface area contributed by atoms with E-state index in [1.54, 1.807) is 11.8 Å². The number of nitrogen functional groups attached to an aromatic ring is 1. The summed E-state index contributed by atoms with van der Waals surface area (Å²) in [5.41, 5.74) is 8.38. The number of aryl methyl sites for hydroxylation is 2. The lowest BCUT2D eigenvalue weighted by Gasteiger charge is -2.09. The van der Waals surface area contributed by atoms with Crippen LogP contribution in [0.4, 0.5) is 11.4 Å². The molecule has 0 radical (unpaired) electrons. The number of amides is 1. The molecule has 2 rings (SSSR count). The van der Waals surface area contributed by atoms with Gasteiger partial charge >= 0.3 is 0 Å². The van der Waals surface area contributed by atoms with Crippen molar-refractivity contribution in [3.63, 3.8) is 0 Å². The molecule has 2 aromatic rings. The zero-order valence-electron chi connectivity index (χ0n) is 12.5. The largest absolute Gasteiger partial charge is 0.397 e. The first kappa shape index (κ1) is 15.9. The van der Waals surface area contributed by atoms with Crippen LogP contribution in [0, 0.1) is 13.8 Å². The highest BCUT2D eigenvalue weighted by Crippen LogP contribution is 2.28. The minimum Gasteiger partial charge on any atom is -0.397 e. The van der Waals surface area contributed by atoms with Gasteiger partial charge < -0.3 is 11.1 Å². The summed E-state index contributed by atoms with van der Waals surface area (Å²) in [6.45, 7) is 6.18. The normalized spacial score (nSPS) is 10.6. The van der Waals surface area contributed by atoms with Crippen molar-refractivity contribution < 1.29 is 4.79 Å². The number of hydrogen-bond donors (Lipinski definition) is 2. The highest BCUT2D eigenvalue weighted by atomic mass is 32.2. The van der Waals surface area contributed by atoms with Crippen molar-refractivity contribution in [1.82, 2.24) is 0 Å². The third-order valence-electron chi connectivity index (χ3n) is 3.14. The number of nitrogens with two attached hydrogens (primary N) is 1. The van der Waals surface area contributed by atoms with Gasteiger partial charge in [-0.1, -0.05) is 6.92 Å². The Morgan fingerprint density at radius 3 is 2.71 bits per heavy atom. The Bertz CT molecular complexity index is 630. The summed E-state index contributed by atoms with van der Waals surface area (Å²) in [6, 6.07) is 7.70. The Labute approximate surface area is 133 Å². The monoisotopic (exact) mass is 320 g/mol. The van der Waals surface area contributed by atoms with Gasteiger partial charge in [0.15, 0.2) is 0 Å². The van der Waals surface area contributed by atoms with Gasteiger partial charge in [0.2, 0.25) is 0 Å². The topological polar surface area (TPSA) is 55.1 Å². The van der Waals surface area contributed by atoms with Crippen LogP contribution in [0.2, 0.25) is 0 Å². The summed E-state index contributed by atoms with van der Waals surface area (Å²) in [5, 5.41) is 2.92. The lowest BCUT2D eigenvalue weighted by Crippen LogP contribution is -2.11. The molecule has 0 atom stereocenters. The molecule has 1 aromatic heterocycles. The van der Waals surface area contributed by atoms with E-state index in [0.717, 1.165) is 27.5 Å². The fraction of sp³-hybridized carbons (Fsp3) is 0.312. The van der Waals surface area contributed by atoms with Crippen LogP contribution in [0.5, 0.6) is 0 Å². The molecule has 1 amide bonds. The third-order valence-corrected chi connectivity index (χ3v) is 5.49. The molecule has 3 N–H and O–H groups in total. The molecule has 0 unspecified atom stereocenters. The number of thiophene rings is 1. The molecule has 0 fully saturated rings. The zero-order valence-corrected chi connectivity index (χ0v) is 14.2. The van der Waals surface area contributed by atoms with Crippen molar-refractivity contribution in [1.29, 1.82) is 0 Å². The van der Waals surface area contributed by atoms with E-state index in [-0.39, 0.29) is 5.91 Å². The minimum atomic E-state index is -0.0967. The standard InChI is InChI=1S/C16H20N2OS2/c1-4-7-20-12-5-6-13(17)14(9-12)18-16(19)15-8-10(2)11(3)21-15/h5-6,8-9H,4,7,17H2,1-3H3,(H,18,19). The molecule has 1 heterocycles. The first-order valence-electron chi connectivity index (χ1n) is 6.92. The molecule has 21 heavy (non-hydrogen) atoms. The van der Waals surface area contributed by atoms with Crippen LogP contribution >= 0.6 is 23.1 Å². The Morgan fingerprint density at radius 2 is 2.10 bits per heavy atom. The fourth-order valence-corrected chi connectivity index (χ4v) is 3.56. The molecule has 0 saturated heterocycles. The lowest BCUT2D eigenvalue weighted by atomic mass is 10.2. The maximum atomic E-state index is 12.3. The van der Waals surface area contributed by atoms with Gasteiger partial charge in [0.25, 0.3) is 5.91 Å².